The van der Waals surface area contributed by atoms with E-state index in [-0.39, 0.29) is 31.1 Å². The molecule has 1 atom stereocenters. The van der Waals surface area contributed by atoms with E-state index >= 15 is 0 Å². The Labute approximate surface area is 502 Å². The van der Waals surface area contributed by atoms with Crippen LogP contribution in [0.1, 0.15) is 342 Å². The van der Waals surface area contributed by atoms with Crippen molar-refractivity contribution in [3.63, 3.8) is 0 Å². The van der Waals surface area contributed by atoms with E-state index in [0.29, 0.717) is 19.3 Å². The van der Waals surface area contributed by atoms with Gasteiger partial charge in [0, 0.05) is 19.3 Å². The van der Waals surface area contributed by atoms with Crippen LogP contribution in [-0.4, -0.2) is 37.2 Å². The highest BCUT2D eigenvalue weighted by molar-refractivity contribution is 5.71. The van der Waals surface area contributed by atoms with Crippen molar-refractivity contribution >= 4 is 17.9 Å². The third-order valence-electron chi connectivity index (χ3n) is 15.1. The molecule has 0 saturated heterocycles. The Morgan fingerprint density at radius 1 is 0.259 bits per heavy atom. The molecule has 0 aliphatic rings. The third-order valence-corrected chi connectivity index (χ3v) is 15.1. The molecule has 0 aliphatic carbocycles. The van der Waals surface area contributed by atoms with Crippen LogP contribution in [0.5, 0.6) is 0 Å². The summed E-state index contributed by atoms with van der Waals surface area (Å²) in [6, 6.07) is 0. The second kappa shape index (κ2) is 68.8. The Morgan fingerprint density at radius 3 is 0.778 bits per heavy atom. The van der Waals surface area contributed by atoms with Gasteiger partial charge in [-0.15, -0.1) is 0 Å². The van der Waals surface area contributed by atoms with Crippen molar-refractivity contribution in [1.82, 2.24) is 0 Å². The number of carbonyl (C=O) groups excluding carboxylic acids is 3. The van der Waals surface area contributed by atoms with E-state index in [1.165, 1.54) is 193 Å². The predicted molar refractivity (Wildman–Crippen MR) is 353 cm³/mol. The molecule has 0 rings (SSSR count). The number of unbranched alkanes of at least 4 members (excludes halogenated alkanes) is 36. The highest BCUT2D eigenvalue weighted by atomic mass is 16.6. The van der Waals surface area contributed by atoms with Crippen molar-refractivity contribution in [3.8, 4) is 0 Å². The maximum absolute atomic E-state index is 12.9. The molecule has 466 valence electrons. The summed E-state index contributed by atoms with van der Waals surface area (Å²) >= 11 is 0. The standard InChI is InChI=1S/C75H130O6/c1-4-7-10-13-16-19-22-25-27-29-30-31-32-33-34-35-36-37-38-39-40-41-42-43-44-46-47-50-53-56-59-62-65-68-74(77)80-71-72(70-79-73(76)67-64-61-58-55-52-49-24-21-18-15-12-9-6-3)81-75(78)69-66-63-60-57-54-51-48-45-28-26-23-20-17-14-11-8-5-2/h7,9-10,12,16,18-19,21,25-28,30-31,49,52,72H,4-6,8,11,13-15,17,20,22-24,29,32-48,50-51,53-71H2,1-3H3/b10-7-,12-9-,19-16-,21-18-,27-25-,28-26-,31-30-,52-49-. The van der Waals surface area contributed by atoms with E-state index in [0.717, 1.165) is 109 Å². The van der Waals surface area contributed by atoms with Gasteiger partial charge in [0.1, 0.15) is 13.2 Å². The highest BCUT2D eigenvalue weighted by Crippen LogP contribution is 2.17. The monoisotopic (exact) mass is 1130 g/mol. The minimum Gasteiger partial charge on any atom is -0.462 e. The summed E-state index contributed by atoms with van der Waals surface area (Å²) in [4.78, 5) is 38.3. The molecule has 0 bridgehead atoms. The quantitative estimate of drug-likeness (QED) is 0.0261. The summed E-state index contributed by atoms with van der Waals surface area (Å²) in [5, 5.41) is 0. The fourth-order valence-corrected chi connectivity index (χ4v) is 9.92. The lowest BCUT2D eigenvalue weighted by atomic mass is 10.0. The van der Waals surface area contributed by atoms with Crippen LogP contribution in [0.15, 0.2) is 97.2 Å². The maximum atomic E-state index is 12.9. The molecule has 81 heavy (non-hydrogen) atoms. The topological polar surface area (TPSA) is 78.9 Å². The molecule has 6 nitrogen and oxygen atoms in total. The van der Waals surface area contributed by atoms with Gasteiger partial charge >= 0.3 is 17.9 Å². The summed E-state index contributed by atoms with van der Waals surface area (Å²) in [6.07, 6.45) is 93.1. The van der Waals surface area contributed by atoms with Crippen molar-refractivity contribution in [2.24, 2.45) is 0 Å². The summed E-state index contributed by atoms with van der Waals surface area (Å²) < 4.78 is 16.9. The van der Waals surface area contributed by atoms with Crippen LogP contribution in [-0.2, 0) is 28.6 Å². The molecule has 0 aliphatic heterocycles. The van der Waals surface area contributed by atoms with Gasteiger partial charge in [0.2, 0.25) is 0 Å². The fraction of sp³-hybridized carbons (Fsp3) is 0.747. The van der Waals surface area contributed by atoms with Gasteiger partial charge in [-0.2, -0.15) is 0 Å². The smallest absolute Gasteiger partial charge is 0.306 e. The minimum atomic E-state index is -0.791. The van der Waals surface area contributed by atoms with Crippen LogP contribution in [0.2, 0.25) is 0 Å². The van der Waals surface area contributed by atoms with Crippen LogP contribution in [0.25, 0.3) is 0 Å². The second-order valence-corrected chi connectivity index (χ2v) is 23.0. The molecule has 0 fully saturated rings. The van der Waals surface area contributed by atoms with Crippen LogP contribution in [0.4, 0.5) is 0 Å². The van der Waals surface area contributed by atoms with E-state index in [9.17, 15) is 14.4 Å². The Bertz CT molecular complexity index is 1580. The predicted octanol–water partition coefficient (Wildman–Crippen LogP) is 24.0. The van der Waals surface area contributed by atoms with Crippen LogP contribution < -0.4 is 0 Å². The first-order valence-electron chi connectivity index (χ1n) is 34.7. The van der Waals surface area contributed by atoms with Crippen molar-refractivity contribution in [2.45, 2.75) is 348 Å². The molecule has 0 N–H and O–H groups in total. The average Bonchev–Trinajstić information content (AvgIpc) is 3.46. The highest BCUT2D eigenvalue weighted by Gasteiger charge is 2.19. The number of ether oxygens (including phenoxy) is 3. The van der Waals surface area contributed by atoms with E-state index in [2.05, 4.69) is 118 Å². The largest absolute Gasteiger partial charge is 0.462 e. The van der Waals surface area contributed by atoms with Gasteiger partial charge in [0.15, 0.2) is 6.10 Å². The fourth-order valence-electron chi connectivity index (χ4n) is 9.92. The van der Waals surface area contributed by atoms with Gasteiger partial charge in [-0.3, -0.25) is 14.4 Å². The van der Waals surface area contributed by atoms with Crippen LogP contribution >= 0.6 is 0 Å². The van der Waals surface area contributed by atoms with Gasteiger partial charge in [-0.05, 0) is 116 Å². The number of rotatable bonds is 63. The Kier molecular flexibility index (Phi) is 65.7. The number of hydrogen-bond donors (Lipinski definition) is 0. The van der Waals surface area contributed by atoms with E-state index in [4.69, 9.17) is 14.2 Å². The van der Waals surface area contributed by atoms with E-state index < -0.39 is 6.10 Å². The third kappa shape index (κ3) is 67.0. The first-order valence-corrected chi connectivity index (χ1v) is 34.7. The zero-order valence-corrected chi connectivity index (χ0v) is 53.5. The lowest BCUT2D eigenvalue weighted by Crippen LogP contribution is -2.30. The van der Waals surface area contributed by atoms with Crippen molar-refractivity contribution in [2.75, 3.05) is 13.2 Å². The average molecular weight is 1130 g/mol. The molecule has 0 aromatic rings. The number of esters is 3. The van der Waals surface area contributed by atoms with Gasteiger partial charge < -0.3 is 14.2 Å². The first kappa shape index (κ1) is 77.3. The molecule has 0 heterocycles. The van der Waals surface area contributed by atoms with Gasteiger partial charge in [0.25, 0.3) is 0 Å². The molecule has 0 radical (unpaired) electrons. The summed E-state index contributed by atoms with van der Waals surface area (Å²) in [5.74, 6) is -0.905. The number of hydrogen-bond acceptors (Lipinski definition) is 6. The maximum Gasteiger partial charge on any atom is 0.306 e. The Hall–Kier alpha value is -3.67. The van der Waals surface area contributed by atoms with Crippen LogP contribution in [0.3, 0.4) is 0 Å². The zero-order valence-electron chi connectivity index (χ0n) is 53.5. The van der Waals surface area contributed by atoms with Crippen molar-refractivity contribution in [3.05, 3.63) is 97.2 Å². The van der Waals surface area contributed by atoms with Gasteiger partial charge in [-0.25, -0.2) is 0 Å². The summed E-state index contributed by atoms with van der Waals surface area (Å²) in [6.45, 7) is 6.42. The molecule has 0 saturated carbocycles. The van der Waals surface area contributed by atoms with E-state index in [1.807, 2.05) is 0 Å². The molecule has 0 aromatic heterocycles. The molecule has 1 unspecified atom stereocenters. The lowest BCUT2D eigenvalue weighted by Gasteiger charge is -2.18. The molecule has 0 spiro atoms. The number of allylic oxidation sites excluding steroid dienone is 16. The zero-order chi connectivity index (χ0) is 58.5. The van der Waals surface area contributed by atoms with Crippen LogP contribution in [0, 0.1) is 0 Å². The summed E-state index contributed by atoms with van der Waals surface area (Å²) in [5.41, 5.74) is 0. The first-order chi connectivity index (χ1) is 40.0. The molecule has 6 heteroatoms. The lowest BCUT2D eigenvalue weighted by molar-refractivity contribution is -0.167. The molecular weight excluding hydrogens is 997 g/mol. The molecule has 0 aromatic carbocycles. The number of carbonyl (C=O) groups is 3. The minimum absolute atomic E-state index is 0.0850. The van der Waals surface area contributed by atoms with Gasteiger partial charge in [0.05, 0.1) is 0 Å². The second-order valence-electron chi connectivity index (χ2n) is 23.0. The van der Waals surface area contributed by atoms with E-state index in [1.54, 1.807) is 0 Å². The normalized spacial score (nSPS) is 12.7. The van der Waals surface area contributed by atoms with Crippen molar-refractivity contribution in [1.29, 1.82) is 0 Å². The molecular formula is C75H130O6. The summed E-state index contributed by atoms with van der Waals surface area (Å²) in [7, 11) is 0. The molecule has 0 amide bonds. The van der Waals surface area contributed by atoms with Gasteiger partial charge in [-0.1, -0.05) is 304 Å². The Morgan fingerprint density at radius 2 is 0.481 bits per heavy atom. The Balaban J connectivity index is 4.16. The van der Waals surface area contributed by atoms with Crippen molar-refractivity contribution < 1.29 is 28.6 Å². The SMILES string of the molecule is CC/C=C\C/C=C\C/C=C\C/C=C\CCCCCCCCCCCCCCCCCCCCCCC(=O)OCC(COC(=O)CCCCC/C=C\C/C=C\C/C=C\CC)OC(=O)CCCCCCCCC/C=C\CCCCCCCC.